The van der Waals surface area contributed by atoms with Gasteiger partial charge >= 0.3 is 0 Å². The average molecular weight is 253 g/mol. The molecule has 2 atom stereocenters. The van der Waals surface area contributed by atoms with Gasteiger partial charge in [0.25, 0.3) is 0 Å². The van der Waals surface area contributed by atoms with Crippen molar-refractivity contribution in [3.63, 3.8) is 0 Å². The van der Waals surface area contributed by atoms with Gasteiger partial charge in [0.15, 0.2) is 0 Å². The molecule has 0 spiro atoms. The Labute approximate surface area is 109 Å². The van der Waals surface area contributed by atoms with E-state index in [1.807, 2.05) is 31.3 Å². The van der Waals surface area contributed by atoms with Crippen LogP contribution in [0.15, 0.2) is 24.3 Å². The molecule has 2 unspecified atom stereocenters. The minimum absolute atomic E-state index is 0.246. The Morgan fingerprint density at radius 2 is 1.89 bits per heavy atom. The zero-order valence-corrected chi connectivity index (χ0v) is 11.3. The first-order valence-corrected chi connectivity index (χ1v) is 6.28. The lowest BCUT2D eigenvalue weighted by Crippen LogP contribution is -2.22. The lowest BCUT2D eigenvalue weighted by Gasteiger charge is -2.15. The van der Waals surface area contributed by atoms with Gasteiger partial charge in [-0.25, -0.2) is 0 Å². The van der Waals surface area contributed by atoms with Crippen molar-refractivity contribution in [2.75, 3.05) is 27.4 Å². The molecule has 0 saturated carbocycles. The van der Waals surface area contributed by atoms with Gasteiger partial charge in [-0.05, 0) is 31.2 Å². The Kier molecular flexibility index (Phi) is 6.72. The van der Waals surface area contributed by atoms with Crippen molar-refractivity contribution in [2.45, 2.75) is 25.5 Å². The van der Waals surface area contributed by atoms with E-state index in [1.54, 1.807) is 7.11 Å². The Balaban J connectivity index is 2.49. The van der Waals surface area contributed by atoms with Crippen molar-refractivity contribution in [1.82, 2.24) is 5.32 Å². The van der Waals surface area contributed by atoms with Gasteiger partial charge in [-0.3, -0.25) is 0 Å². The second-order valence-electron chi connectivity index (χ2n) is 4.24. The number of nitrogens with one attached hydrogen (secondary N) is 1. The first-order chi connectivity index (χ1) is 8.71. The predicted molar refractivity (Wildman–Crippen MR) is 71.9 cm³/mol. The zero-order chi connectivity index (χ0) is 13.4. The second kappa shape index (κ2) is 8.08. The molecule has 1 aromatic carbocycles. The smallest absolute Gasteiger partial charge is 0.119 e. The van der Waals surface area contributed by atoms with Gasteiger partial charge in [-0.2, -0.15) is 0 Å². The number of rotatable bonds is 8. The zero-order valence-electron chi connectivity index (χ0n) is 11.3. The number of aliphatic hydroxyl groups is 1. The lowest BCUT2D eigenvalue weighted by molar-refractivity contribution is 0.0325. The van der Waals surface area contributed by atoms with Crippen LogP contribution in [0.3, 0.4) is 0 Å². The Morgan fingerprint density at radius 3 is 2.39 bits per heavy atom. The van der Waals surface area contributed by atoms with Gasteiger partial charge in [0, 0.05) is 13.2 Å². The summed E-state index contributed by atoms with van der Waals surface area (Å²) in [5.74, 6) is 0.764. The molecule has 2 N–H and O–H groups in total. The van der Waals surface area contributed by atoms with E-state index in [2.05, 4.69) is 12.2 Å². The summed E-state index contributed by atoms with van der Waals surface area (Å²) in [7, 11) is 3.51. The molecule has 0 saturated heterocycles. The van der Waals surface area contributed by atoms with E-state index in [0.29, 0.717) is 6.04 Å². The molecule has 0 fully saturated rings. The molecular formula is C14H23NO3. The third-order valence-corrected chi connectivity index (χ3v) is 2.84. The number of ether oxygens (including phenoxy) is 2. The highest BCUT2D eigenvalue weighted by Crippen LogP contribution is 2.19. The maximum Gasteiger partial charge on any atom is 0.119 e. The summed E-state index contributed by atoms with van der Waals surface area (Å²) < 4.78 is 10.3. The third kappa shape index (κ3) is 4.64. The molecule has 0 radical (unpaired) electrons. The van der Waals surface area contributed by atoms with Crippen LogP contribution >= 0.6 is 0 Å². The fourth-order valence-corrected chi connectivity index (χ4v) is 1.84. The van der Waals surface area contributed by atoms with E-state index in [0.717, 1.165) is 12.2 Å². The van der Waals surface area contributed by atoms with Crippen molar-refractivity contribution < 1.29 is 14.6 Å². The summed E-state index contributed by atoms with van der Waals surface area (Å²) in [5.41, 5.74) is 1.24. The average Bonchev–Trinajstić information content (AvgIpc) is 2.39. The van der Waals surface area contributed by atoms with E-state index in [4.69, 9.17) is 9.47 Å². The van der Waals surface area contributed by atoms with Gasteiger partial charge < -0.3 is 19.9 Å². The summed E-state index contributed by atoms with van der Waals surface area (Å²) >= 11 is 0. The predicted octanol–water partition coefficient (Wildman–Crippen LogP) is 1.74. The van der Waals surface area contributed by atoms with Crippen molar-refractivity contribution in [2.24, 2.45) is 0 Å². The SMILES string of the molecule is CCC(NC)c1ccc(OCC(O)COC)cc1. The van der Waals surface area contributed by atoms with Crippen molar-refractivity contribution in [3.05, 3.63) is 29.8 Å². The fourth-order valence-electron chi connectivity index (χ4n) is 1.84. The molecule has 0 aromatic heterocycles. The highest BCUT2D eigenvalue weighted by molar-refractivity contribution is 5.29. The van der Waals surface area contributed by atoms with Crippen LogP contribution < -0.4 is 10.1 Å². The van der Waals surface area contributed by atoms with Gasteiger partial charge in [0.05, 0.1) is 6.61 Å². The Morgan fingerprint density at radius 1 is 1.22 bits per heavy atom. The molecule has 1 aromatic rings. The molecule has 0 aliphatic rings. The number of hydrogen-bond donors (Lipinski definition) is 2. The van der Waals surface area contributed by atoms with Crippen LogP contribution in [-0.2, 0) is 4.74 Å². The standard InChI is InChI=1S/C14H23NO3/c1-4-14(15-2)11-5-7-13(8-6-11)18-10-12(16)9-17-3/h5-8,12,14-16H,4,9-10H2,1-3H3. The lowest BCUT2D eigenvalue weighted by atomic mass is 10.1. The highest BCUT2D eigenvalue weighted by Gasteiger charge is 2.07. The van der Waals surface area contributed by atoms with Gasteiger partial charge in [-0.15, -0.1) is 0 Å². The maximum absolute atomic E-state index is 9.47. The van der Waals surface area contributed by atoms with E-state index >= 15 is 0 Å². The summed E-state index contributed by atoms with van der Waals surface area (Å²) in [5, 5.41) is 12.7. The number of methoxy groups -OCH3 is 1. The van der Waals surface area contributed by atoms with E-state index in [-0.39, 0.29) is 13.2 Å². The summed E-state index contributed by atoms with van der Waals surface area (Å²) in [4.78, 5) is 0. The minimum atomic E-state index is -0.588. The third-order valence-electron chi connectivity index (χ3n) is 2.84. The van der Waals surface area contributed by atoms with Crippen molar-refractivity contribution in [1.29, 1.82) is 0 Å². The van der Waals surface area contributed by atoms with Crippen LogP contribution in [0, 0.1) is 0 Å². The summed E-state index contributed by atoms with van der Waals surface area (Å²) in [6.07, 6.45) is 0.457. The van der Waals surface area contributed by atoms with Gasteiger partial charge in [-0.1, -0.05) is 19.1 Å². The summed E-state index contributed by atoms with van der Waals surface area (Å²) in [6.45, 7) is 2.68. The molecule has 1 rings (SSSR count). The molecule has 102 valence electrons. The Bertz CT molecular complexity index is 322. The molecular weight excluding hydrogens is 230 g/mol. The molecule has 4 nitrogen and oxygen atoms in total. The minimum Gasteiger partial charge on any atom is -0.491 e. The number of aliphatic hydroxyl groups excluding tert-OH is 1. The van der Waals surface area contributed by atoms with Gasteiger partial charge in [0.2, 0.25) is 0 Å². The van der Waals surface area contributed by atoms with Gasteiger partial charge in [0.1, 0.15) is 18.5 Å². The Hall–Kier alpha value is -1.10. The van der Waals surface area contributed by atoms with Crippen molar-refractivity contribution in [3.8, 4) is 5.75 Å². The largest absolute Gasteiger partial charge is 0.491 e. The first-order valence-electron chi connectivity index (χ1n) is 6.28. The number of benzene rings is 1. The molecule has 0 bridgehead atoms. The molecule has 0 aliphatic carbocycles. The number of hydrogen-bond acceptors (Lipinski definition) is 4. The fraction of sp³-hybridized carbons (Fsp3) is 0.571. The highest BCUT2D eigenvalue weighted by atomic mass is 16.5. The summed E-state index contributed by atoms with van der Waals surface area (Å²) in [6, 6.07) is 8.31. The van der Waals surface area contributed by atoms with Crippen LogP contribution in [0.25, 0.3) is 0 Å². The van der Waals surface area contributed by atoms with E-state index in [1.165, 1.54) is 5.56 Å². The van der Waals surface area contributed by atoms with E-state index < -0.39 is 6.10 Å². The molecule has 18 heavy (non-hydrogen) atoms. The van der Waals surface area contributed by atoms with Crippen LogP contribution in [-0.4, -0.2) is 38.6 Å². The van der Waals surface area contributed by atoms with Crippen LogP contribution in [0.1, 0.15) is 24.9 Å². The molecule has 4 heteroatoms. The van der Waals surface area contributed by atoms with Crippen molar-refractivity contribution >= 4 is 0 Å². The maximum atomic E-state index is 9.47. The monoisotopic (exact) mass is 253 g/mol. The molecule has 0 amide bonds. The normalized spacial score (nSPS) is 14.2. The molecule has 0 aliphatic heterocycles. The van der Waals surface area contributed by atoms with Crippen LogP contribution in [0.5, 0.6) is 5.75 Å². The first kappa shape index (κ1) is 15.0. The molecule has 0 heterocycles. The second-order valence-corrected chi connectivity index (χ2v) is 4.24. The van der Waals surface area contributed by atoms with E-state index in [9.17, 15) is 5.11 Å². The van der Waals surface area contributed by atoms with Crippen LogP contribution in [0.4, 0.5) is 0 Å². The van der Waals surface area contributed by atoms with Crippen LogP contribution in [0.2, 0.25) is 0 Å². The topological polar surface area (TPSA) is 50.7 Å². The quantitative estimate of drug-likeness (QED) is 0.741.